The molecule has 3 rings (SSSR count). The number of hydrogen-bond donors (Lipinski definition) is 2. The van der Waals surface area contributed by atoms with Crippen LogP contribution in [0.3, 0.4) is 0 Å². The van der Waals surface area contributed by atoms with Crippen molar-refractivity contribution in [2.45, 2.75) is 38.5 Å². The number of hydrogen-bond acceptors (Lipinski definition) is 5. The SMILES string of the molecule is CCCCCCOc1ccc(C2C(C#N)=C(N)Oc3cc(N)ccc32)cc1. The van der Waals surface area contributed by atoms with Gasteiger partial charge in [0.15, 0.2) is 0 Å². The molecule has 0 fully saturated rings. The smallest absolute Gasteiger partial charge is 0.205 e. The molecule has 1 heterocycles. The zero-order valence-electron chi connectivity index (χ0n) is 15.6. The van der Waals surface area contributed by atoms with Crippen LogP contribution in [0.1, 0.15) is 49.7 Å². The minimum absolute atomic E-state index is 0.122. The number of nitrogens with two attached hydrogens (primary N) is 2. The van der Waals surface area contributed by atoms with E-state index in [9.17, 15) is 5.26 Å². The molecule has 5 heteroatoms. The maximum absolute atomic E-state index is 9.60. The first-order valence-corrected chi connectivity index (χ1v) is 9.33. The van der Waals surface area contributed by atoms with E-state index in [0.29, 0.717) is 17.0 Å². The summed E-state index contributed by atoms with van der Waals surface area (Å²) in [5, 5.41) is 9.60. The Balaban J connectivity index is 1.81. The number of rotatable bonds is 7. The predicted octanol–water partition coefficient (Wildman–Crippen LogP) is 4.45. The molecule has 0 saturated heterocycles. The summed E-state index contributed by atoms with van der Waals surface area (Å²) in [6.45, 7) is 2.91. The third kappa shape index (κ3) is 4.17. The van der Waals surface area contributed by atoms with Crippen LogP contribution in [-0.2, 0) is 0 Å². The Kier molecular flexibility index (Phi) is 5.87. The summed E-state index contributed by atoms with van der Waals surface area (Å²) < 4.78 is 11.4. The molecule has 1 aliphatic rings. The number of benzene rings is 2. The molecule has 2 aromatic rings. The van der Waals surface area contributed by atoms with Crippen LogP contribution in [0.15, 0.2) is 53.9 Å². The van der Waals surface area contributed by atoms with Crippen LogP contribution in [0.2, 0.25) is 0 Å². The van der Waals surface area contributed by atoms with Gasteiger partial charge in [-0.15, -0.1) is 0 Å². The standard InChI is InChI=1S/C22H25N3O2/c1-2-3-4-5-12-26-17-9-6-15(7-10-17)21-18-11-8-16(24)13-20(18)27-22(25)19(21)14-23/h6-11,13,21H,2-5,12,24-25H2,1H3. The Labute approximate surface area is 160 Å². The van der Waals surface area contributed by atoms with Gasteiger partial charge in [-0.25, -0.2) is 0 Å². The lowest BCUT2D eigenvalue weighted by atomic mass is 9.83. The van der Waals surface area contributed by atoms with Crippen LogP contribution in [0.4, 0.5) is 5.69 Å². The third-order valence-electron chi connectivity index (χ3n) is 4.72. The lowest BCUT2D eigenvalue weighted by Crippen LogP contribution is -2.21. The van der Waals surface area contributed by atoms with Gasteiger partial charge in [0.05, 0.1) is 12.5 Å². The van der Waals surface area contributed by atoms with Crippen molar-refractivity contribution in [3.05, 3.63) is 65.0 Å². The first-order valence-electron chi connectivity index (χ1n) is 9.33. The van der Waals surface area contributed by atoms with Crippen molar-refractivity contribution in [3.63, 3.8) is 0 Å². The van der Waals surface area contributed by atoms with Gasteiger partial charge in [0.2, 0.25) is 5.88 Å². The number of nitrogen functional groups attached to an aromatic ring is 1. The molecule has 0 saturated carbocycles. The quantitative estimate of drug-likeness (QED) is 0.560. The van der Waals surface area contributed by atoms with Crippen LogP contribution < -0.4 is 20.9 Å². The van der Waals surface area contributed by atoms with Crippen LogP contribution in [0.25, 0.3) is 0 Å². The molecule has 1 unspecified atom stereocenters. The van der Waals surface area contributed by atoms with Gasteiger partial charge in [0.1, 0.15) is 23.1 Å². The topological polar surface area (TPSA) is 94.3 Å². The fourth-order valence-electron chi connectivity index (χ4n) is 3.29. The molecular formula is C22H25N3O2. The first-order chi connectivity index (χ1) is 13.1. The van der Waals surface area contributed by atoms with E-state index in [2.05, 4.69) is 13.0 Å². The van der Waals surface area contributed by atoms with E-state index in [0.717, 1.165) is 29.9 Å². The molecular weight excluding hydrogens is 338 g/mol. The van der Waals surface area contributed by atoms with Crippen LogP contribution in [-0.4, -0.2) is 6.61 Å². The molecule has 140 valence electrons. The average Bonchev–Trinajstić information content (AvgIpc) is 2.67. The normalized spacial score (nSPS) is 15.6. The van der Waals surface area contributed by atoms with Gasteiger partial charge >= 0.3 is 0 Å². The van der Waals surface area contributed by atoms with E-state index < -0.39 is 0 Å². The number of nitriles is 1. The predicted molar refractivity (Wildman–Crippen MR) is 106 cm³/mol. The van der Waals surface area contributed by atoms with Gasteiger partial charge in [-0.05, 0) is 30.2 Å². The Morgan fingerprint density at radius 3 is 2.56 bits per heavy atom. The van der Waals surface area contributed by atoms with Crippen molar-refractivity contribution in [3.8, 4) is 17.6 Å². The Hall–Kier alpha value is -3.13. The lowest BCUT2D eigenvalue weighted by molar-refractivity contribution is 0.305. The van der Waals surface area contributed by atoms with E-state index in [1.54, 1.807) is 12.1 Å². The second kappa shape index (κ2) is 8.50. The zero-order valence-corrected chi connectivity index (χ0v) is 15.6. The zero-order chi connectivity index (χ0) is 19.2. The van der Waals surface area contributed by atoms with Crippen molar-refractivity contribution in [2.75, 3.05) is 12.3 Å². The third-order valence-corrected chi connectivity index (χ3v) is 4.72. The Bertz CT molecular complexity index is 866. The van der Waals surface area contributed by atoms with Crippen molar-refractivity contribution in [1.82, 2.24) is 0 Å². The van der Waals surface area contributed by atoms with Crippen LogP contribution in [0, 0.1) is 11.3 Å². The minimum atomic E-state index is -0.280. The first kappa shape index (κ1) is 18.7. The largest absolute Gasteiger partial charge is 0.494 e. The fourth-order valence-corrected chi connectivity index (χ4v) is 3.29. The summed E-state index contributed by atoms with van der Waals surface area (Å²) >= 11 is 0. The number of ether oxygens (including phenoxy) is 2. The van der Waals surface area contributed by atoms with Crippen molar-refractivity contribution in [1.29, 1.82) is 5.26 Å². The molecule has 1 aliphatic heterocycles. The summed E-state index contributed by atoms with van der Waals surface area (Å²) in [6, 6.07) is 15.4. The van der Waals surface area contributed by atoms with Crippen molar-refractivity contribution >= 4 is 5.69 Å². The fraction of sp³-hybridized carbons (Fsp3) is 0.318. The van der Waals surface area contributed by atoms with Crippen molar-refractivity contribution < 1.29 is 9.47 Å². The van der Waals surface area contributed by atoms with E-state index in [-0.39, 0.29) is 11.8 Å². The maximum Gasteiger partial charge on any atom is 0.205 e. The van der Waals surface area contributed by atoms with Crippen LogP contribution in [0.5, 0.6) is 11.5 Å². The maximum atomic E-state index is 9.60. The van der Waals surface area contributed by atoms with Gasteiger partial charge in [0.25, 0.3) is 0 Å². The number of anilines is 1. The molecule has 0 aromatic heterocycles. The minimum Gasteiger partial charge on any atom is -0.494 e. The highest BCUT2D eigenvalue weighted by Gasteiger charge is 2.30. The molecule has 5 nitrogen and oxygen atoms in total. The Morgan fingerprint density at radius 2 is 1.85 bits per heavy atom. The molecule has 27 heavy (non-hydrogen) atoms. The highest BCUT2D eigenvalue weighted by atomic mass is 16.5. The number of nitrogens with zero attached hydrogens (tertiary/aromatic N) is 1. The lowest BCUT2D eigenvalue weighted by Gasteiger charge is -2.26. The van der Waals surface area contributed by atoms with Crippen LogP contribution >= 0.6 is 0 Å². The highest BCUT2D eigenvalue weighted by Crippen LogP contribution is 2.42. The van der Waals surface area contributed by atoms with Gasteiger partial charge in [-0.2, -0.15) is 5.26 Å². The highest BCUT2D eigenvalue weighted by molar-refractivity contribution is 5.59. The number of fused-ring (bicyclic) bond motifs is 1. The number of unbranched alkanes of at least 4 members (excludes halogenated alkanes) is 3. The summed E-state index contributed by atoms with van der Waals surface area (Å²) in [5.74, 6) is 1.26. The van der Waals surface area contributed by atoms with E-state index >= 15 is 0 Å². The summed E-state index contributed by atoms with van der Waals surface area (Å²) in [6.07, 6.45) is 4.69. The molecule has 0 aliphatic carbocycles. The molecule has 4 N–H and O–H groups in total. The molecule has 2 aromatic carbocycles. The van der Waals surface area contributed by atoms with Gasteiger partial charge in [0, 0.05) is 17.3 Å². The summed E-state index contributed by atoms with van der Waals surface area (Å²) in [4.78, 5) is 0. The molecule has 1 atom stereocenters. The molecule has 0 radical (unpaired) electrons. The summed E-state index contributed by atoms with van der Waals surface area (Å²) in [7, 11) is 0. The van der Waals surface area contributed by atoms with E-state index in [1.165, 1.54) is 19.3 Å². The van der Waals surface area contributed by atoms with Gasteiger partial charge < -0.3 is 20.9 Å². The molecule has 0 amide bonds. The van der Waals surface area contributed by atoms with Gasteiger partial charge in [-0.3, -0.25) is 0 Å². The Morgan fingerprint density at radius 1 is 1.07 bits per heavy atom. The monoisotopic (exact) mass is 363 g/mol. The summed E-state index contributed by atoms with van der Waals surface area (Å²) in [5.41, 5.74) is 14.7. The van der Waals surface area contributed by atoms with E-state index in [4.69, 9.17) is 20.9 Å². The van der Waals surface area contributed by atoms with Crippen molar-refractivity contribution in [2.24, 2.45) is 5.73 Å². The second-order valence-corrected chi connectivity index (χ2v) is 6.70. The average molecular weight is 363 g/mol. The second-order valence-electron chi connectivity index (χ2n) is 6.70. The molecule has 0 spiro atoms. The molecule has 0 bridgehead atoms. The number of allylic oxidation sites excluding steroid dienone is 1. The van der Waals surface area contributed by atoms with Gasteiger partial charge in [-0.1, -0.05) is 44.4 Å². The van der Waals surface area contributed by atoms with E-state index in [1.807, 2.05) is 30.3 Å².